The van der Waals surface area contributed by atoms with Crippen LogP contribution in [0.1, 0.15) is 11.1 Å². The van der Waals surface area contributed by atoms with Gasteiger partial charge in [0.25, 0.3) is 0 Å². The molecule has 0 bridgehead atoms. The van der Waals surface area contributed by atoms with Crippen molar-refractivity contribution in [2.45, 2.75) is 13.5 Å². The third-order valence-electron chi connectivity index (χ3n) is 2.97. The first-order chi connectivity index (χ1) is 9.85. The van der Waals surface area contributed by atoms with Crippen LogP contribution in [0, 0.1) is 6.92 Å². The Balaban J connectivity index is 2.10. The number of aromatic hydroxyl groups is 1. The lowest BCUT2D eigenvalue weighted by molar-refractivity contribution is 0.465. The van der Waals surface area contributed by atoms with E-state index >= 15 is 0 Å². The van der Waals surface area contributed by atoms with Crippen LogP contribution >= 0.6 is 0 Å². The predicted molar refractivity (Wildman–Crippen MR) is 85.1 cm³/mol. The van der Waals surface area contributed by atoms with E-state index in [0.29, 0.717) is 12.2 Å². The number of para-hydroxylation sites is 1. The highest BCUT2D eigenvalue weighted by molar-refractivity contribution is 7.92. The number of aryl methyl sites for hydroxylation is 1. The molecule has 0 atom stereocenters. The number of hydrogen-bond donors (Lipinski definition) is 3. The molecular formula is C15H18N2O3S. The maximum Gasteiger partial charge on any atom is 0.229 e. The molecule has 0 heterocycles. The highest BCUT2D eigenvalue weighted by Crippen LogP contribution is 2.23. The average Bonchev–Trinajstić information content (AvgIpc) is 2.39. The highest BCUT2D eigenvalue weighted by Gasteiger charge is 2.05. The summed E-state index contributed by atoms with van der Waals surface area (Å²) in [6.45, 7) is 2.30. The van der Waals surface area contributed by atoms with E-state index in [9.17, 15) is 13.5 Å². The van der Waals surface area contributed by atoms with Gasteiger partial charge in [-0.15, -0.1) is 0 Å². The summed E-state index contributed by atoms with van der Waals surface area (Å²) >= 11 is 0. The van der Waals surface area contributed by atoms with Crippen molar-refractivity contribution in [2.24, 2.45) is 0 Å². The first-order valence-electron chi connectivity index (χ1n) is 6.44. The number of anilines is 2. The van der Waals surface area contributed by atoms with E-state index in [1.807, 2.05) is 31.2 Å². The van der Waals surface area contributed by atoms with Gasteiger partial charge in [0.1, 0.15) is 5.75 Å². The molecular weight excluding hydrogens is 288 g/mol. The number of nitrogens with one attached hydrogen (secondary N) is 2. The van der Waals surface area contributed by atoms with Crippen LogP contribution < -0.4 is 10.0 Å². The molecule has 0 saturated carbocycles. The zero-order chi connectivity index (χ0) is 15.5. The van der Waals surface area contributed by atoms with Crippen LogP contribution in [0.5, 0.6) is 5.75 Å². The SMILES string of the molecule is Cc1cccc(CNc2cccc(NS(C)(=O)=O)c2)c1O. The molecule has 3 N–H and O–H groups in total. The van der Waals surface area contributed by atoms with Crippen LogP contribution in [0.15, 0.2) is 42.5 Å². The van der Waals surface area contributed by atoms with E-state index < -0.39 is 10.0 Å². The molecule has 0 saturated heterocycles. The Labute approximate surface area is 124 Å². The normalized spacial score (nSPS) is 11.1. The molecule has 0 spiro atoms. The summed E-state index contributed by atoms with van der Waals surface area (Å²) in [6, 6.07) is 12.5. The van der Waals surface area contributed by atoms with E-state index in [2.05, 4.69) is 10.0 Å². The summed E-state index contributed by atoms with van der Waals surface area (Å²) in [6.07, 6.45) is 1.11. The molecule has 21 heavy (non-hydrogen) atoms. The standard InChI is InChI=1S/C15H18N2O3S/c1-11-5-3-6-12(15(11)18)10-16-13-7-4-8-14(9-13)17-21(2,19)20/h3-9,16-18H,10H2,1-2H3. The van der Waals surface area contributed by atoms with Crippen molar-refractivity contribution in [3.05, 3.63) is 53.6 Å². The first kappa shape index (κ1) is 15.2. The molecule has 6 heteroatoms. The summed E-state index contributed by atoms with van der Waals surface area (Å²) < 4.78 is 24.8. The summed E-state index contributed by atoms with van der Waals surface area (Å²) in [5.74, 6) is 0.274. The second-order valence-corrected chi connectivity index (χ2v) is 6.64. The average molecular weight is 306 g/mol. The van der Waals surface area contributed by atoms with Crippen LogP contribution in [-0.2, 0) is 16.6 Å². The first-order valence-corrected chi connectivity index (χ1v) is 8.33. The number of phenols is 1. The number of sulfonamides is 1. The Kier molecular flexibility index (Phi) is 4.37. The molecule has 2 aromatic rings. The molecule has 2 aromatic carbocycles. The number of rotatable bonds is 5. The second-order valence-electron chi connectivity index (χ2n) is 4.89. The summed E-state index contributed by atoms with van der Waals surface area (Å²) in [5, 5.41) is 13.1. The van der Waals surface area contributed by atoms with Crippen molar-refractivity contribution in [3.63, 3.8) is 0 Å². The Hall–Kier alpha value is -2.21. The van der Waals surface area contributed by atoms with Gasteiger partial charge in [-0.25, -0.2) is 8.42 Å². The van der Waals surface area contributed by atoms with Gasteiger partial charge in [-0.05, 0) is 30.7 Å². The molecule has 0 aromatic heterocycles. The Bertz CT molecular complexity index is 742. The maximum absolute atomic E-state index is 11.2. The van der Waals surface area contributed by atoms with Gasteiger partial charge in [-0.1, -0.05) is 24.3 Å². The van der Waals surface area contributed by atoms with Gasteiger partial charge < -0.3 is 10.4 Å². The lowest BCUT2D eigenvalue weighted by Gasteiger charge is -2.11. The Morgan fingerprint density at radius 3 is 2.48 bits per heavy atom. The third-order valence-corrected chi connectivity index (χ3v) is 3.58. The fourth-order valence-corrected chi connectivity index (χ4v) is 2.52. The molecule has 0 aliphatic heterocycles. The van der Waals surface area contributed by atoms with E-state index in [1.165, 1.54) is 0 Å². The quantitative estimate of drug-likeness (QED) is 0.793. The largest absolute Gasteiger partial charge is 0.507 e. The van der Waals surface area contributed by atoms with Crippen LogP contribution in [-0.4, -0.2) is 19.8 Å². The molecule has 5 nitrogen and oxygen atoms in total. The number of phenolic OH excluding ortho intramolecular Hbond substituents is 1. The van der Waals surface area contributed by atoms with Crippen molar-refractivity contribution in [2.75, 3.05) is 16.3 Å². The van der Waals surface area contributed by atoms with Crippen molar-refractivity contribution >= 4 is 21.4 Å². The number of hydrogen-bond acceptors (Lipinski definition) is 4. The highest BCUT2D eigenvalue weighted by atomic mass is 32.2. The zero-order valence-corrected chi connectivity index (χ0v) is 12.7. The summed E-state index contributed by atoms with van der Waals surface area (Å²) in [4.78, 5) is 0. The van der Waals surface area contributed by atoms with Gasteiger partial charge in [-0.2, -0.15) is 0 Å². The minimum Gasteiger partial charge on any atom is -0.507 e. The van der Waals surface area contributed by atoms with E-state index in [4.69, 9.17) is 0 Å². The zero-order valence-electron chi connectivity index (χ0n) is 11.9. The van der Waals surface area contributed by atoms with Crippen molar-refractivity contribution in [1.82, 2.24) is 0 Å². The van der Waals surface area contributed by atoms with Crippen LogP contribution in [0.4, 0.5) is 11.4 Å². The second kappa shape index (κ2) is 6.05. The van der Waals surface area contributed by atoms with E-state index in [0.717, 1.165) is 23.1 Å². The molecule has 0 fully saturated rings. The summed E-state index contributed by atoms with van der Waals surface area (Å²) in [5.41, 5.74) is 2.87. The van der Waals surface area contributed by atoms with Crippen LogP contribution in [0.3, 0.4) is 0 Å². The van der Waals surface area contributed by atoms with Crippen molar-refractivity contribution in [3.8, 4) is 5.75 Å². The van der Waals surface area contributed by atoms with Crippen molar-refractivity contribution < 1.29 is 13.5 Å². The predicted octanol–water partition coefficient (Wildman–Crippen LogP) is 2.68. The molecule has 0 aliphatic carbocycles. The van der Waals surface area contributed by atoms with Crippen LogP contribution in [0.2, 0.25) is 0 Å². The van der Waals surface area contributed by atoms with E-state index in [-0.39, 0.29) is 5.75 Å². The minimum atomic E-state index is -3.29. The minimum absolute atomic E-state index is 0.274. The molecule has 0 amide bonds. The molecule has 2 rings (SSSR count). The fraction of sp³-hybridized carbons (Fsp3) is 0.200. The molecule has 112 valence electrons. The summed E-state index contributed by atoms with van der Waals surface area (Å²) in [7, 11) is -3.29. The van der Waals surface area contributed by atoms with Gasteiger partial charge in [-0.3, -0.25) is 4.72 Å². The van der Waals surface area contributed by atoms with Gasteiger partial charge in [0, 0.05) is 17.8 Å². The number of benzene rings is 2. The van der Waals surface area contributed by atoms with Gasteiger partial charge in [0.2, 0.25) is 10.0 Å². The molecule has 0 radical (unpaired) electrons. The molecule has 0 aliphatic rings. The monoisotopic (exact) mass is 306 g/mol. The maximum atomic E-state index is 11.2. The fourth-order valence-electron chi connectivity index (χ4n) is 1.97. The Morgan fingerprint density at radius 1 is 1.10 bits per heavy atom. The topological polar surface area (TPSA) is 78.4 Å². The Morgan fingerprint density at radius 2 is 1.76 bits per heavy atom. The lowest BCUT2D eigenvalue weighted by Crippen LogP contribution is -2.09. The van der Waals surface area contributed by atoms with Crippen molar-refractivity contribution in [1.29, 1.82) is 0 Å². The lowest BCUT2D eigenvalue weighted by atomic mass is 10.1. The van der Waals surface area contributed by atoms with E-state index in [1.54, 1.807) is 18.2 Å². The third kappa shape index (κ3) is 4.39. The van der Waals surface area contributed by atoms with Gasteiger partial charge >= 0.3 is 0 Å². The smallest absolute Gasteiger partial charge is 0.229 e. The van der Waals surface area contributed by atoms with Crippen LogP contribution in [0.25, 0.3) is 0 Å². The molecule has 0 unspecified atom stereocenters. The van der Waals surface area contributed by atoms with Gasteiger partial charge in [0.05, 0.1) is 11.9 Å². The van der Waals surface area contributed by atoms with Gasteiger partial charge in [0.15, 0.2) is 0 Å².